The Kier molecular flexibility index (Phi) is 7.68. The first-order valence-electron chi connectivity index (χ1n) is 5.07. The van der Waals surface area contributed by atoms with E-state index in [0.29, 0.717) is 0 Å². The number of rotatable bonds is 3. The van der Waals surface area contributed by atoms with Crippen molar-refractivity contribution < 1.29 is 14.9 Å². The molecule has 0 amide bonds. The number of hydrogen-bond donors (Lipinski definition) is 2. The zero-order chi connectivity index (χ0) is 11.7. The van der Waals surface area contributed by atoms with Crippen molar-refractivity contribution in [1.29, 1.82) is 0 Å². The van der Waals surface area contributed by atoms with Crippen LogP contribution in [0.5, 0.6) is 5.75 Å². The number of aliphatic hydroxyl groups excluding tert-OH is 2. The van der Waals surface area contributed by atoms with Crippen LogP contribution in [-0.2, 0) is 0 Å². The van der Waals surface area contributed by atoms with E-state index in [9.17, 15) is 0 Å². The van der Waals surface area contributed by atoms with Crippen molar-refractivity contribution in [1.82, 2.24) is 0 Å². The monoisotopic (exact) mass is 212 g/mol. The topological polar surface area (TPSA) is 49.7 Å². The molecule has 86 valence electrons. The lowest BCUT2D eigenvalue weighted by molar-refractivity contribution is 0.110. The average Bonchev–Trinajstić information content (AvgIpc) is 2.19. The Morgan fingerprint density at radius 1 is 1.13 bits per heavy atom. The molecular weight excluding hydrogens is 192 g/mol. The van der Waals surface area contributed by atoms with Crippen molar-refractivity contribution in [3.05, 3.63) is 30.3 Å². The summed E-state index contributed by atoms with van der Waals surface area (Å²) in [4.78, 5) is 0. The molecule has 0 aliphatic rings. The lowest BCUT2D eigenvalue weighted by Gasteiger charge is -2.07. The molecule has 0 saturated heterocycles. The molecule has 0 saturated carbocycles. The van der Waals surface area contributed by atoms with Crippen molar-refractivity contribution in [2.24, 2.45) is 0 Å². The van der Waals surface area contributed by atoms with Gasteiger partial charge in [0, 0.05) is 0 Å². The second-order valence-corrected chi connectivity index (χ2v) is 3.51. The molecule has 2 N–H and O–H groups in total. The lowest BCUT2D eigenvalue weighted by Crippen LogP contribution is -2.04. The highest BCUT2D eigenvalue weighted by molar-refractivity contribution is 5.20. The van der Waals surface area contributed by atoms with E-state index >= 15 is 0 Å². The van der Waals surface area contributed by atoms with Crippen LogP contribution in [0.15, 0.2) is 30.3 Å². The molecule has 1 rings (SSSR count). The molecule has 0 aliphatic heterocycles. The van der Waals surface area contributed by atoms with Gasteiger partial charge in [-0.15, -0.1) is 0 Å². The predicted molar refractivity (Wildman–Crippen MR) is 61.0 cm³/mol. The van der Waals surface area contributed by atoms with Crippen LogP contribution in [0.4, 0.5) is 0 Å². The minimum absolute atomic E-state index is 0.139. The number of ether oxygens (including phenoxy) is 1. The first kappa shape index (κ1) is 13.9. The summed E-state index contributed by atoms with van der Waals surface area (Å²) in [6, 6.07) is 9.84. The summed E-state index contributed by atoms with van der Waals surface area (Å²) in [6.07, 6.45) is -0.294. The quantitative estimate of drug-likeness (QED) is 0.803. The standard InChI is InChI=1S/C9H12O.C3H8O2/c1-8(2)10-9-6-4-3-5-7-9;1-3(5)2-4/h3-8H,1-2H3;3-5H,2H2,1H3. The minimum atomic E-state index is -0.560. The van der Waals surface area contributed by atoms with Crippen LogP contribution in [0, 0.1) is 0 Å². The fraction of sp³-hybridized carbons (Fsp3) is 0.500. The molecule has 0 heterocycles. The number of para-hydroxylation sites is 1. The van der Waals surface area contributed by atoms with Crippen molar-refractivity contribution in [3.63, 3.8) is 0 Å². The van der Waals surface area contributed by atoms with E-state index < -0.39 is 6.10 Å². The van der Waals surface area contributed by atoms with Gasteiger partial charge in [0.2, 0.25) is 0 Å². The van der Waals surface area contributed by atoms with Gasteiger partial charge < -0.3 is 14.9 Å². The Morgan fingerprint density at radius 3 is 1.93 bits per heavy atom. The molecule has 3 heteroatoms. The zero-order valence-corrected chi connectivity index (χ0v) is 9.55. The van der Waals surface area contributed by atoms with Gasteiger partial charge in [0.05, 0.1) is 18.8 Å². The molecule has 0 radical (unpaired) electrons. The van der Waals surface area contributed by atoms with E-state index in [1.54, 1.807) is 0 Å². The third kappa shape index (κ3) is 9.25. The summed E-state index contributed by atoms with van der Waals surface area (Å²) in [7, 11) is 0. The Hall–Kier alpha value is -1.06. The van der Waals surface area contributed by atoms with Gasteiger partial charge in [-0.2, -0.15) is 0 Å². The van der Waals surface area contributed by atoms with Gasteiger partial charge in [-0.05, 0) is 32.9 Å². The summed E-state index contributed by atoms with van der Waals surface area (Å²) < 4.78 is 5.41. The summed E-state index contributed by atoms with van der Waals surface area (Å²) >= 11 is 0. The highest BCUT2D eigenvalue weighted by atomic mass is 16.5. The van der Waals surface area contributed by atoms with Crippen LogP contribution >= 0.6 is 0 Å². The van der Waals surface area contributed by atoms with Crippen molar-refractivity contribution in [2.75, 3.05) is 6.61 Å². The molecule has 15 heavy (non-hydrogen) atoms. The number of benzene rings is 1. The van der Waals surface area contributed by atoms with Gasteiger partial charge in [0.25, 0.3) is 0 Å². The van der Waals surface area contributed by atoms with E-state index in [2.05, 4.69) is 0 Å². The number of aliphatic hydroxyl groups is 2. The van der Waals surface area contributed by atoms with Gasteiger partial charge in [-0.25, -0.2) is 0 Å². The first-order chi connectivity index (χ1) is 7.06. The fourth-order valence-electron chi connectivity index (χ4n) is 0.771. The maximum atomic E-state index is 8.11. The maximum absolute atomic E-state index is 8.11. The van der Waals surface area contributed by atoms with Gasteiger partial charge in [-0.3, -0.25) is 0 Å². The van der Waals surface area contributed by atoms with Crippen molar-refractivity contribution in [2.45, 2.75) is 33.0 Å². The Morgan fingerprint density at radius 2 is 1.60 bits per heavy atom. The normalized spacial score (nSPS) is 11.6. The van der Waals surface area contributed by atoms with Gasteiger partial charge in [0.15, 0.2) is 0 Å². The highest BCUT2D eigenvalue weighted by Gasteiger charge is 1.92. The van der Waals surface area contributed by atoms with Gasteiger partial charge >= 0.3 is 0 Å². The van der Waals surface area contributed by atoms with E-state index in [1.807, 2.05) is 44.2 Å². The second kappa shape index (κ2) is 8.26. The van der Waals surface area contributed by atoms with E-state index in [-0.39, 0.29) is 12.7 Å². The molecule has 1 aromatic carbocycles. The smallest absolute Gasteiger partial charge is 0.119 e. The van der Waals surface area contributed by atoms with Crippen LogP contribution in [-0.4, -0.2) is 29.0 Å². The molecule has 0 spiro atoms. The average molecular weight is 212 g/mol. The fourth-order valence-corrected chi connectivity index (χ4v) is 0.771. The Labute approximate surface area is 91.3 Å². The van der Waals surface area contributed by atoms with Crippen molar-refractivity contribution in [3.8, 4) is 5.75 Å². The highest BCUT2D eigenvalue weighted by Crippen LogP contribution is 2.09. The summed E-state index contributed by atoms with van der Waals surface area (Å²) in [6.45, 7) is 5.43. The summed E-state index contributed by atoms with van der Waals surface area (Å²) in [5, 5.41) is 16.0. The third-order valence-corrected chi connectivity index (χ3v) is 1.38. The molecule has 1 atom stereocenters. The SMILES string of the molecule is CC(C)Oc1ccccc1.CC(O)CO. The molecular formula is C12H20O3. The summed E-state index contributed by atoms with van der Waals surface area (Å²) in [5.74, 6) is 0.942. The van der Waals surface area contributed by atoms with E-state index in [1.165, 1.54) is 6.92 Å². The first-order valence-corrected chi connectivity index (χ1v) is 5.07. The second-order valence-electron chi connectivity index (χ2n) is 3.51. The summed E-state index contributed by atoms with van der Waals surface area (Å²) in [5.41, 5.74) is 0. The zero-order valence-electron chi connectivity index (χ0n) is 9.55. The van der Waals surface area contributed by atoms with E-state index in [0.717, 1.165) is 5.75 Å². The molecule has 1 aromatic rings. The molecule has 1 unspecified atom stereocenters. The molecule has 0 aromatic heterocycles. The Bertz CT molecular complexity index is 232. The lowest BCUT2D eigenvalue weighted by atomic mass is 10.3. The Balaban J connectivity index is 0.000000336. The number of hydrogen-bond acceptors (Lipinski definition) is 3. The third-order valence-electron chi connectivity index (χ3n) is 1.38. The van der Waals surface area contributed by atoms with Crippen LogP contribution in [0.25, 0.3) is 0 Å². The van der Waals surface area contributed by atoms with Gasteiger partial charge in [0.1, 0.15) is 5.75 Å². The van der Waals surface area contributed by atoms with E-state index in [4.69, 9.17) is 14.9 Å². The van der Waals surface area contributed by atoms with Crippen molar-refractivity contribution >= 4 is 0 Å². The van der Waals surface area contributed by atoms with Crippen LogP contribution < -0.4 is 4.74 Å². The maximum Gasteiger partial charge on any atom is 0.119 e. The van der Waals surface area contributed by atoms with Crippen LogP contribution in [0.3, 0.4) is 0 Å². The molecule has 0 bridgehead atoms. The van der Waals surface area contributed by atoms with Crippen LogP contribution in [0.1, 0.15) is 20.8 Å². The molecule has 0 fully saturated rings. The predicted octanol–water partition coefficient (Wildman–Crippen LogP) is 1.83. The van der Waals surface area contributed by atoms with Crippen LogP contribution in [0.2, 0.25) is 0 Å². The molecule has 0 aliphatic carbocycles. The largest absolute Gasteiger partial charge is 0.491 e. The van der Waals surface area contributed by atoms with Gasteiger partial charge in [-0.1, -0.05) is 18.2 Å². The molecule has 3 nitrogen and oxygen atoms in total. The minimum Gasteiger partial charge on any atom is -0.491 e.